The van der Waals surface area contributed by atoms with E-state index in [0.717, 1.165) is 55.0 Å². The average molecular weight is 649 g/mol. The number of allylic oxidation sites excluding steroid dienone is 1. The Morgan fingerprint density at radius 1 is 1.17 bits per heavy atom. The van der Waals surface area contributed by atoms with E-state index in [9.17, 15) is 13.2 Å². The molecule has 3 unspecified atom stereocenters. The van der Waals surface area contributed by atoms with Gasteiger partial charge in [-0.1, -0.05) is 6.08 Å². The third-order valence-corrected chi connectivity index (χ3v) is 12.4. The molecule has 46 heavy (non-hydrogen) atoms. The molecule has 2 saturated heterocycles. The van der Waals surface area contributed by atoms with Gasteiger partial charge in [-0.25, -0.2) is 17.6 Å². The molecular formula is C34H46N7O4S+. The van der Waals surface area contributed by atoms with Crippen molar-refractivity contribution in [2.24, 2.45) is 10.7 Å². The van der Waals surface area contributed by atoms with Gasteiger partial charge in [0.05, 0.1) is 42.7 Å². The Bertz CT molecular complexity index is 1730. The van der Waals surface area contributed by atoms with Crippen molar-refractivity contribution in [1.29, 1.82) is 0 Å². The number of sulfonamides is 1. The van der Waals surface area contributed by atoms with E-state index < -0.39 is 15.6 Å². The summed E-state index contributed by atoms with van der Waals surface area (Å²) in [6.07, 6.45) is 15.4. The van der Waals surface area contributed by atoms with Crippen LogP contribution in [0.1, 0.15) is 63.6 Å². The predicted molar refractivity (Wildman–Crippen MR) is 180 cm³/mol. The van der Waals surface area contributed by atoms with Crippen LogP contribution in [0.15, 0.2) is 58.5 Å². The van der Waals surface area contributed by atoms with E-state index in [4.69, 9.17) is 20.4 Å². The molecule has 11 nitrogen and oxygen atoms in total. The van der Waals surface area contributed by atoms with Gasteiger partial charge in [-0.3, -0.25) is 9.79 Å². The highest BCUT2D eigenvalue weighted by atomic mass is 32.2. The van der Waals surface area contributed by atoms with Crippen LogP contribution in [0.25, 0.3) is 6.08 Å². The van der Waals surface area contributed by atoms with Crippen LogP contribution in [0.4, 0.5) is 5.82 Å². The van der Waals surface area contributed by atoms with Crippen molar-refractivity contribution in [3.05, 3.63) is 64.7 Å². The Morgan fingerprint density at radius 2 is 1.98 bits per heavy atom. The quantitative estimate of drug-likeness (QED) is 0.381. The maximum absolute atomic E-state index is 13.9. The van der Waals surface area contributed by atoms with Crippen LogP contribution < -0.4 is 14.9 Å². The Labute approximate surface area is 272 Å². The number of carbonyl (C=O) groups is 1. The zero-order valence-corrected chi connectivity index (χ0v) is 28.3. The van der Waals surface area contributed by atoms with E-state index in [0.29, 0.717) is 34.5 Å². The molecule has 3 N–H and O–H groups in total. The summed E-state index contributed by atoms with van der Waals surface area (Å²) in [5.41, 5.74) is 8.73. The van der Waals surface area contributed by atoms with Crippen molar-refractivity contribution < 1.29 is 17.9 Å². The van der Waals surface area contributed by atoms with Gasteiger partial charge in [-0.05, 0) is 82.7 Å². The van der Waals surface area contributed by atoms with Crippen LogP contribution in [0, 0.1) is 0 Å². The molecule has 4 bridgehead atoms. The van der Waals surface area contributed by atoms with Crippen LogP contribution in [0.5, 0.6) is 0 Å². The molecule has 0 saturated carbocycles. The fraction of sp³-hybridized carbons (Fsp3) is 0.559. The number of hydrogen-bond acceptors (Lipinski definition) is 8. The highest BCUT2D eigenvalue weighted by Gasteiger charge is 2.51. The number of nitrogens with zero attached hydrogens (tertiary/aromatic N) is 5. The monoisotopic (exact) mass is 648 g/mol. The summed E-state index contributed by atoms with van der Waals surface area (Å²) in [4.78, 5) is 28.4. The van der Waals surface area contributed by atoms with E-state index in [1.54, 1.807) is 7.11 Å². The highest BCUT2D eigenvalue weighted by molar-refractivity contribution is 7.89. The lowest BCUT2D eigenvalue weighted by atomic mass is 9.95. The third kappa shape index (κ3) is 5.04. The van der Waals surface area contributed by atoms with Crippen molar-refractivity contribution in [3.63, 3.8) is 0 Å². The zero-order valence-electron chi connectivity index (χ0n) is 27.4. The molecule has 1 amide bonds. The van der Waals surface area contributed by atoms with Crippen molar-refractivity contribution in [2.45, 2.75) is 88.1 Å². The standard InChI is InChI=1S/C34H46N7O4S/c1-34(2)29-14-11-21-18-27(41(4,32(21)37-29)15-9-7-6-8-10-16-46(43,44)38-34)31-36-25-17-22(19-28(45-5)30(25)39(31)3)33(42)40-23-12-13-26(40)24(35)20-23/h7,9,11,14,17-19,23-26,30,38H,6,8,10,12-13,15-16,20,35H2,1-5H3/q+1/b9-7-/t23-,24+,25?,26+,30?,41?/m0/s1. The van der Waals surface area contributed by atoms with Crippen LogP contribution in [-0.2, 0) is 25.1 Å². The van der Waals surface area contributed by atoms with Gasteiger partial charge in [0.15, 0.2) is 11.5 Å². The minimum absolute atomic E-state index is 0.0149. The third-order valence-electron chi connectivity index (χ3n) is 10.7. The molecule has 2 fully saturated rings. The first-order chi connectivity index (χ1) is 21.8. The van der Waals surface area contributed by atoms with Crippen molar-refractivity contribution in [1.82, 2.24) is 24.0 Å². The van der Waals surface area contributed by atoms with Gasteiger partial charge in [0.2, 0.25) is 15.8 Å². The van der Waals surface area contributed by atoms with Gasteiger partial charge in [-0.15, -0.1) is 0 Å². The average Bonchev–Trinajstić information content (AvgIpc) is 3.73. The molecule has 1 aromatic heterocycles. The maximum Gasteiger partial charge on any atom is 0.254 e. The fourth-order valence-corrected chi connectivity index (χ4v) is 9.89. The molecule has 246 valence electrons. The molecule has 0 spiro atoms. The summed E-state index contributed by atoms with van der Waals surface area (Å²) in [6.45, 7) is 4.39. The molecule has 0 radical (unpaired) electrons. The number of pyridine rings is 1. The second-order valence-electron chi connectivity index (χ2n) is 14.3. The zero-order chi connectivity index (χ0) is 32.6. The van der Waals surface area contributed by atoms with Gasteiger partial charge >= 0.3 is 0 Å². The molecule has 1 aliphatic carbocycles. The van der Waals surface area contributed by atoms with Gasteiger partial charge in [0.1, 0.15) is 18.3 Å². The number of aromatic nitrogens is 1. The first kappa shape index (κ1) is 31.3. The molecule has 7 rings (SSSR count). The lowest BCUT2D eigenvalue weighted by molar-refractivity contribution is -0.128. The number of quaternary nitrogens is 1. The van der Waals surface area contributed by atoms with E-state index in [1.807, 2.05) is 50.1 Å². The second-order valence-corrected chi connectivity index (χ2v) is 16.2. The molecule has 5 aliphatic heterocycles. The van der Waals surface area contributed by atoms with E-state index >= 15 is 0 Å². The summed E-state index contributed by atoms with van der Waals surface area (Å²) in [7, 11) is 2.35. The van der Waals surface area contributed by atoms with Crippen molar-refractivity contribution >= 4 is 33.7 Å². The van der Waals surface area contributed by atoms with E-state index in [-0.39, 0.29) is 41.9 Å². The minimum Gasteiger partial charge on any atom is -0.499 e. The number of amides is 1. The number of nitrogens with one attached hydrogen (secondary N) is 1. The van der Waals surface area contributed by atoms with Gasteiger partial charge in [0, 0.05) is 36.8 Å². The maximum atomic E-state index is 13.9. The molecule has 0 aromatic carbocycles. The number of rotatable bonds is 3. The van der Waals surface area contributed by atoms with Gasteiger partial charge < -0.3 is 20.3 Å². The number of nitrogens with two attached hydrogens (primary N) is 1. The Kier molecular flexibility index (Phi) is 7.58. The molecule has 6 atom stereocenters. The number of fused-ring (bicyclic) bond motifs is 4. The number of aliphatic imine (C=N–C) groups is 1. The summed E-state index contributed by atoms with van der Waals surface area (Å²) < 4.78 is 35.1. The molecule has 12 heteroatoms. The molecule has 6 heterocycles. The van der Waals surface area contributed by atoms with Gasteiger partial charge in [-0.2, -0.15) is 4.98 Å². The van der Waals surface area contributed by atoms with Crippen LogP contribution in [-0.4, -0.2) is 98.7 Å². The number of amidine groups is 1. The normalized spacial score (nSPS) is 35.0. The second kappa shape index (κ2) is 11.1. The van der Waals surface area contributed by atoms with Gasteiger partial charge in [0.25, 0.3) is 5.91 Å². The van der Waals surface area contributed by atoms with E-state index in [2.05, 4.69) is 34.9 Å². The number of ether oxygens (including phenoxy) is 1. The van der Waals surface area contributed by atoms with E-state index in [1.165, 1.54) is 0 Å². The summed E-state index contributed by atoms with van der Waals surface area (Å²) in [6, 6.07) is 3.80. The highest BCUT2D eigenvalue weighted by Crippen LogP contribution is 2.44. The predicted octanol–water partition coefficient (Wildman–Crippen LogP) is 2.91. The Hall–Kier alpha value is -3.32. The van der Waals surface area contributed by atoms with Crippen LogP contribution in [0.2, 0.25) is 0 Å². The number of likely N-dealkylation sites (N-methyl/N-ethyl adjacent to an activating group) is 2. The first-order valence-electron chi connectivity index (χ1n) is 16.5. The summed E-state index contributed by atoms with van der Waals surface area (Å²) in [5.74, 6) is 2.49. The summed E-state index contributed by atoms with van der Waals surface area (Å²) in [5, 5.41) is 0. The summed E-state index contributed by atoms with van der Waals surface area (Å²) >= 11 is 0. The minimum atomic E-state index is -3.48. The number of hydrogen-bond donors (Lipinski definition) is 2. The smallest absolute Gasteiger partial charge is 0.254 e. The SMILES string of the molecule is COC1=CC(C(=O)N2[C@H]3CC[C@@H]2[C@H](N)C3)=CC2N=C(C3=Cc4ccc5nc4[N+]3(C)C/C=C\CCCCS(=O)(=O)NC5(C)C)N(C)C12. The Morgan fingerprint density at radius 3 is 2.70 bits per heavy atom. The largest absolute Gasteiger partial charge is 0.499 e. The number of methoxy groups -OCH3 is 1. The first-order valence-corrected chi connectivity index (χ1v) is 18.1. The van der Waals surface area contributed by atoms with Crippen LogP contribution >= 0.6 is 0 Å². The molecule has 1 aromatic rings. The lowest BCUT2D eigenvalue weighted by Gasteiger charge is -2.35. The Balaban J connectivity index is 1.26. The molecule has 6 aliphatic rings. The number of carbonyl (C=O) groups excluding carboxylic acids is 1. The lowest BCUT2D eigenvalue weighted by Crippen LogP contribution is -2.50. The van der Waals surface area contributed by atoms with Crippen molar-refractivity contribution in [3.8, 4) is 0 Å². The fourth-order valence-electron chi connectivity index (χ4n) is 8.32. The van der Waals surface area contributed by atoms with Crippen LogP contribution in [0.3, 0.4) is 0 Å². The molecular weight excluding hydrogens is 602 g/mol. The van der Waals surface area contributed by atoms with Crippen molar-refractivity contribution in [2.75, 3.05) is 33.5 Å². The topological polar surface area (TPSA) is 130 Å².